The molecule has 1 radical (unpaired) electrons. The first-order valence-corrected chi connectivity index (χ1v) is 10.0. The molecular formula is C19H39S. The molecule has 0 aliphatic carbocycles. The third-order valence-electron chi connectivity index (χ3n) is 4.55. The second kappa shape index (κ2) is 17.4. The first-order valence-electron chi connectivity index (χ1n) is 9.43. The largest absolute Gasteiger partial charge is 0.0942 e. The fourth-order valence-electron chi connectivity index (χ4n) is 3.02. The molecule has 0 aromatic rings. The molecule has 1 heteroatoms. The maximum Gasteiger partial charge on any atom is 0.00370 e. The van der Waals surface area contributed by atoms with Crippen LogP contribution in [0.3, 0.4) is 0 Å². The number of unbranched alkanes of at least 4 members (excludes halogenated alkanes) is 10. The molecule has 0 spiro atoms. The fraction of sp³-hybridized carbons (Fsp3) is 1.00. The van der Waals surface area contributed by atoms with Crippen LogP contribution < -0.4 is 0 Å². The summed E-state index contributed by atoms with van der Waals surface area (Å²) in [5.41, 5.74) is 0. The van der Waals surface area contributed by atoms with Crippen LogP contribution in [-0.2, 0) is 0 Å². The van der Waals surface area contributed by atoms with Gasteiger partial charge in [-0.25, -0.2) is 0 Å². The summed E-state index contributed by atoms with van der Waals surface area (Å²) < 4.78 is 0. The zero-order valence-corrected chi connectivity index (χ0v) is 15.1. The summed E-state index contributed by atoms with van der Waals surface area (Å²) in [6.07, 6.45) is 21.4. The molecule has 0 fully saturated rings. The molecule has 0 amide bonds. The van der Waals surface area contributed by atoms with Gasteiger partial charge in [0, 0.05) is 5.75 Å². The molecule has 0 aromatic heterocycles. The highest BCUT2D eigenvalue weighted by Gasteiger charge is 2.05. The van der Waals surface area contributed by atoms with E-state index in [-0.39, 0.29) is 0 Å². The maximum atomic E-state index is 5.05. The van der Waals surface area contributed by atoms with Crippen molar-refractivity contribution in [1.29, 1.82) is 0 Å². The quantitative estimate of drug-likeness (QED) is 0.256. The van der Waals surface area contributed by atoms with Crippen molar-refractivity contribution in [2.75, 3.05) is 5.75 Å². The molecule has 20 heavy (non-hydrogen) atoms. The average molecular weight is 300 g/mol. The van der Waals surface area contributed by atoms with Crippen molar-refractivity contribution in [3.63, 3.8) is 0 Å². The highest BCUT2D eigenvalue weighted by atomic mass is 32.1. The van der Waals surface area contributed by atoms with Crippen LogP contribution in [0.2, 0.25) is 0 Å². The van der Waals surface area contributed by atoms with E-state index in [1.165, 1.54) is 96.3 Å². The van der Waals surface area contributed by atoms with Gasteiger partial charge in [0.05, 0.1) is 0 Å². The van der Waals surface area contributed by atoms with Crippen LogP contribution in [0.5, 0.6) is 0 Å². The van der Waals surface area contributed by atoms with Gasteiger partial charge in [0.1, 0.15) is 0 Å². The van der Waals surface area contributed by atoms with Crippen LogP contribution in [0.15, 0.2) is 0 Å². The molecule has 0 N–H and O–H groups in total. The Kier molecular flexibility index (Phi) is 17.7. The summed E-state index contributed by atoms with van der Waals surface area (Å²) in [6.45, 7) is 4.63. The van der Waals surface area contributed by atoms with Crippen molar-refractivity contribution < 1.29 is 0 Å². The molecule has 0 aliphatic rings. The standard InChI is InChI=1S/C19H39S/c1-3-5-6-7-8-9-10-11-12-13-14-16-19(4-2)17-15-18-20/h19H,3-18H2,1-2H3. The van der Waals surface area contributed by atoms with Crippen molar-refractivity contribution in [2.45, 2.75) is 110 Å². The van der Waals surface area contributed by atoms with Gasteiger partial charge in [0.15, 0.2) is 0 Å². The third kappa shape index (κ3) is 14.8. The van der Waals surface area contributed by atoms with Gasteiger partial charge in [-0.15, -0.1) is 0 Å². The Bertz CT molecular complexity index is 167. The molecule has 0 bridgehead atoms. The van der Waals surface area contributed by atoms with Gasteiger partial charge in [-0.05, 0) is 18.8 Å². The predicted molar refractivity (Wildman–Crippen MR) is 96.6 cm³/mol. The molecule has 121 valence electrons. The summed E-state index contributed by atoms with van der Waals surface area (Å²) in [7, 11) is 0. The summed E-state index contributed by atoms with van der Waals surface area (Å²) in [4.78, 5) is 0. The molecule has 1 unspecified atom stereocenters. The topological polar surface area (TPSA) is 0 Å². The summed E-state index contributed by atoms with van der Waals surface area (Å²) in [5, 5.41) is 0. The van der Waals surface area contributed by atoms with E-state index in [9.17, 15) is 0 Å². The highest BCUT2D eigenvalue weighted by Crippen LogP contribution is 2.20. The van der Waals surface area contributed by atoms with Gasteiger partial charge in [-0.2, -0.15) is 0 Å². The molecular weight excluding hydrogens is 260 g/mol. The van der Waals surface area contributed by atoms with E-state index in [0.29, 0.717) is 0 Å². The second-order valence-corrected chi connectivity index (χ2v) is 6.85. The third-order valence-corrected chi connectivity index (χ3v) is 4.84. The van der Waals surface area contributed by atoms with Gasteiger partial charge >= 0.3 is 0 Å². The van der Waals surface area contributed by atoms with Crippen LogP contribution in [0.1, 0.15) is 110 Å². The van der Waals surface area contributed by atoms with E-state index in [1.54, 1.807) is 0 Å². The van der Waals surface area contributed by atoms with Gasteiger partial charge in [-0.1, -0.05) is 110 Å². The lowest BCUT2D eigenvalue weighted by molar-refractivity contribution is 0.409. The Labute approximate surface area is 134 Å². The lowest BCUT2D eigenvalue weighted by Crippen LogP contribution is -1.99. The highest BCUT2D eigenvalue weighted by molar-refractivity contribution is 7.80. The summed E-state index contributed by atoms with van der Waals surface area (Å²) in [5.74, 6) is 1.91. The van der Waals surface area contributed by atoms with E-state index in [4.69, 9.17) is 12.6 Å². The lowest BCUT2D eigenvalue weighted by atomic mass is 9.94. The normalized spacial score (nSPS) is 12.8. The zero-order valence-electron chi connectivity index (χ0n) is 14.3. The number of hydrogen-bond acceptors (Lipinski definition) is 0. The minimum Gasteiger partial charge on any atom is -0.0942 e. The smallest absolute Gasteiger partial charge is 0.00370 e. The fourth-order valence-corrected chi connectivity index (χ4v) is 3.19. The minimum absolute atomic E-state index is 0.953. The molecule has 0 rings (SSSR count). The molecule has 0 saturated heterocycles. The molecule has 0 aromatic carbocycles. The number of hydrogen-bond donors (Lipinski definition) is 0. The Morgan fingerprint density at radius 2 is 1.05 bits per heavy atom. The van der Waals surface area contributed by atoms with Crippen LogP contribution >= 0.6 is 12.6 Å². The monoisotopic (exact) mass is 299 g/mol. The first kappa shape index (κ1) is 20.3. The van der Waals surface area contributed by atoms with Gasteiger partial charge in [0.25, 0.3) is 0 Å². The van der Waals surface area contributed by atoms with Gasteiger partial charge < -0.3 is 0 Å². The SMILES string of the molecule is CCCCCCCCCCCCCC(CC)CCC[S]. The minimum atomic E-state index is 0.953. The second-order valence-electron chi connectivity index (χ2n) is 6.44. The predicted octanol–water partition coefficient (Wildman–Crippen LogP) is 7.69. The van der Waals surface area contributed by atoms with Crippen molar-refractivity contribution in [1.82, 2.24) is 0 Å². The average Bonchev–Trinajstić information content (AvgIpc) is 2.48. The zero-order chi connectivity index (χ0) is 14.9. The summed E-state index contributed by atoms with van der Waals surface area (Å²) in [6, 6.07) is 0. The Morgan fingerprint density at radius 1 is 0.600 bits per heavy atom. The van der Waals surface area contributed by atoms with Crippen LogP contribution in [0, 0.1) is 5.92 Å². The molecule has 0 heterocycles. The molecule has 1 atom stereocenters. The van der Waals surface area contributed by atoms with Gasteiger partial charge in [0.2, 0.25) is 0 Å². The lowest BCUT2D eigenvalue weighted by Gasteiger charge is -2.13. The van der Waals surface area contributed by atoms with Crippen molar-refractivity contribution in [3.05, 3.63) is 0 Å². The van der Waals surface area contributed by atoms with E-state index in [2.05, 4.69) is 13.8 Å². The first-order chi connectivity index (χ1) is 9.85. The van der Waals surface area contributed by atoms with Crippen LogP contribution in [-0.4, -0.2) is 5.75 Å². The maximum absolute atomic E-state index is 5.05. The Hall–Kier alpha value is 0.350. The molecule has 0 nitrogen and oxygen atoms in total. The number of rotatable bonds is 16. The van der Waals surface area contributed by atoms with E-state index >= 15 is 0 Å². The van der Waals surface area contributed by atoms with E-state index < -0.39 is 0 Å². The van der Waals surface area contributed by atoms with Crippen LogP contribution in [0.4, 0.5) is 0 Å². The summed E-state index contributed by atoms with van der Waals surface area (Å²) >= 11 is 5.05. The van der Waals surface area contributed by atoms with E-state index in [0.717, 1.165) is 11.7 Å². The Morgan fingerprint density at radius 3 is 1.50 bits per heavy atom. The molecule has 0 saturated carbocycles. The van der Waals surface area contributed by atoms with Crippen molar-refractivity contribution >= 4 is 12.6 Å². The van der Waals surface area contributed by atoms with E-state index in [1.807, 2.05) is 0 Å². The van der Waals surface area contributed by atoms with Crippen molar-refractivity contribution in [2.24, 2.45) is 5.92 Å². The Balaban J connectivity index is 3.15. The van der Waals surface area contributed by atoms with Crippen LogP contribution in [0.25, 0.3) is 0 Å². The molecule has 0 aliphatic heterocycles. The van der Waals surface area contributed by atoms with Crippen molar-refractivity contribution in [3.8, 4) is 0 Å². The van der Waals surface area contributed by atoms with Gasteiger partial charge in [-0.3, -0.25) is 0 Å².